The zero-order valence-corrected chi connectivity index (χ0v) is 10.1. The molecule has 100 valence electrons. The largest absolute Gasteiger partial charge is 0.508 e. The van der Waals surface area contributed by atoms with Crippen LogP contribution in [0.5, 0.6) is 5.75 Å². The first kappa shape index (κ1) is 14.4. The number of aliphatic carboxylic acids is 1. The van der Waals surface area contributed by atoms with E-state index in [4.69, 9.17) is 9.84 Å². The molecule has 18 heavy (non-hydrogen) atoms. The van der Waals surface area contributed by atoms with Crippen molar-refractivity contribution in [2.24, 2.45) is 0 Å². The average Bonchev–Trinajstić information content (AvgIpc) is 2.23. The fourth-order valence-corrected chi connectivity index (χ4v) is 1.61. The summed E-state index contributed by atoms with van der Waals surface area (Å²) in [5, 5.41) is 18.0. The molecule has 0 radical (unpaired) electrons. The second kappa shape index (κ2) is 6.93. The number of halogens is 1. The number of hydrogen-bond acceptors (Lipinski definition) is 4. The summed E-state index contributed by atoms with van der Waals surface area (Å²) in [6, 6.07) is 3.67. The van der Waals surface area contributed by atoms with E-state index in [9.17, 15) is 14.3 Å². The van der Waals surface area contributed by atoms with Gasteiger partial charge >= 0.3 is 5.97 Å². The smallest absolute Gasteiger partial charge is 0.317 e. The number of carbonyl (C=O) groups is 1. The van der Waals surface area contributed by atoms with E-state index in [0.717, 1.165) is 6.07 Å². The maximum absolute atomic E-state index is 13.1. The highest BCUT2D eigenvalue weighted by Gasteiger charge is 2.11. The minimum Gasteiger partial charge on any atom is -0.508 e. The van der Waals surface area contributed by atoms with Crippen molar-refractivity contribution in [3.05, 3.63) is 29.6 Å². The van der Waals surface area contributed by atoms with Gasteiger partial charge in [0.05, 0.1) is 13.2 Å². The molecule has 1 rings (SSSR count). The van der Waals surface area contributed by atoms with E-state index in [0.29, 0.717) is 18.7 Å². The van der Waals surface area contributed by atoms with Gasteiger partial charge in [-0.3, -0.25) is 9.69 Å². The molecule has 0 unspecified atom stereocenters. The van der Waals surface area contributed by atoms with Crippen molar-refractivity contribution in [2.45, 2.75) is 6.54 Å². The molecule has 0 saturated carbocycles. The molecule has 0 aliphatic heterocycles. The molecule has 0 aliphatic carbocycles. The van der Waals surface area contributed by atoms with Crippen LogP contribution in [0.3, 0.4) is 0 Å². The summed E-state index contributed by atoms with van der Waals surface area (Å²) in [6.45, 7) is 0.871. The summed E-state index contributed by atoms with van der Waals surface area (Å²) in [5.41, 5.74) is 0.518. The van der Waals surface area contributed by atoms with E-state index >= 15 is 0 Å². The molecule has 1 aromatic carbocycles. The van der Waals surface area contributed by atoms with Crippen molar-refractivity contribution in [3.63, 3.8) is 0 Å². The van der Waals surface area contributed by atoms with Gasteiger partial charge in [0.1, 0.15) is 11.6 Å². The Hall–Kier alpha value is -1.66. The van der Waals surface area contributed by atoms with E-state index < -0.39 is 11.8 Å². The minimum atomic E-state index is -0.966. The molecule has 2 N–H and O–H groups in total. The Morgan fingerprint density at radius 2 is 2.17 bits per heavy atom. The van der Waals surface area contributed by atoms with Crippen molar-refractivity contribution in [1.29, 1.82) is 0 Å². The molecular formula is C12H16FNO4. The van der Waals surface area contributed by atoms with Gasteiger partial charge in [0.15, 0.2) is 0 Å². The number of aromatic hydroxyl groups is 1. The molecule has 5 nitrogen and oxygen atoms in total. The summed E-state index contributed by atoms with van der Waals surface area (Å²) in [4.78, 5) is 12.3. The molecule has 1 aromatic rings. The maximum atomic E-state index is 13.1. The summed E-state index contributed by atoms with van der Waals surface area (Å²) in [5.74, 6) is -1.69. The second-order valence-corrected chi connectivity index (χ2v) is 3.91. The van der Waals surface area contributed by atoms with Gasteiger partial charge in [-0.1, -0.05) is 0 Å². The molecule has 0 spiro atoms. The quantitative estimate of drug-likeness (QED) is 0.764. The van der Waals surface area contributed by atoms with Gasteiger partial charge in [-0.25, -0.2) is 4.39 Å². The third-order valence-corrected chi connectivity index (χ3v) is 2.32. The van der Waals surface area contributed by atoms with Crippen LogP contribution in [0, 0.1) is 5.82 Å². The number of benzene rings is 1. The SMILES string of the molecule is COCCN(CC(=O)O)Cc1cc(O)cc(F)c1. The predicted molar refractivity (Wildman–Crippen MR) is 62.9 cm³/mol. The Bertz CT molecular complexity index is 391. The molecule has 0 fully saturated rings. The third-order valence-electron chi connectivity index (χ3n) is 2.32. The Morgan fingerprint density at radius 3 is 2.72 bits per heavy atom. The molecule has 6 heteroatoms. The van der Waals surface area contributed by atoms with Crippen LogP contribution in [0.4, 0.5) is 4.39 Å². The van der Waals surface area contributed by atoms with E-state index in [1.54, 1.807) is 4.90 Å². The average molecular weight is 257 g/mol. The van der Waals surface area contributed by atoms with Gasteiger partial charge in [0.2, 0.25) is 0 Å². The van der Waals surface area contributed by atoms with Crippen LogP contribution >= 0.6 is 0 Å². The standard InChI is InChI=1S/C12H16FNO4/c1-18-3-2-14(8-12(16)17)7-9-4-10(13)6-11(15)5-9/h4-6,15H,2-3,7-8H2,1H3,(H,16,17). The fourth-order valence-electron chi connectivity index (χ4n) is 1.61. The lowest BCUT2D eigenvalue weighted by Gasteiger charge is -2.19. The van der Waals surface area contributed by atoms with Crippen molar-refractivity contribution >= 4 is 5.97 Å². The first-order valence-electron chi connectivity index (χ1n) is 5.43. The highest BCUT2D eigenvalue weighted by Crippen LogP contribution is 2.16. The number of phenols is 1. The van der Waals surface area contributed by atoms with Gasteiger partial charge < -0.3 is 14.9 Å². The number of rotatable bonds is 7. The number of hydrogen-bond donors (Lipinski definition) is 2. The Kier molecular flexibility index (Phi) is 5.54. The molecule has 0 atom stereocenters. The van der Waals surface area contributed by atoms with Crippen LogP contribution in [0.25, 0.3) is 0 Å². The van der Waals surface area contributed by atoms with E-state index in [-0.39, 0.29) is 18.8 Å². The zero-order chi connectivity index (χ0) is 13.5. The molecule has 0 heterocycles. The van der Waals surface area contributed by atoms with Crippen LogP contribution in [-0.4, -0.2) is 47.9 Å². The van der Waals surface area contributed by atoms with Crippen molar-refractivity contribution in [2.75, 3.05) is 26.8 Å². The van der Waals surface area contributed by atoms with E-state index in [2.05, 4.69) is 0 Å². The Morgan fingerprint density at radius 1 is 1.44 bits per heavy atom. The molecule has 0 aromatic heterocycles. The van der Waals surface area contributed by atoms with Crippen LogP contribution < -0.4 is 0 Å². The van der Waals surface area contributed by atoms with Crippen LogP contribution in [-0.2, 0) is 16.1 Å². The number of carboxylic acid groups (broad SMARTS) is 1. The first-order valence-corrected chi connectivity index (χ1v) is 5.43. The number of phenolic OH excluding ortho intramolecular Hbond substituents is 1. The first-order chi connectivity index (χ1) is 8.51. The number of methoxy groups -OCH3 is 1. The second-order valence-electron chi connectivity index (χ2n) is 3.91. The topological polar surface area (TPSA) is 70.0 Å². The molecular weight excluding hydrogens is 241 g/mol. The van der Waals surface area contributed by atoms with Gasteiger partial charge in [-0.2, -0.15) is 0 Å². The van der Waals surface area contributed by atoms with Gasteiger partial charge in [0.25, 0.3) is 0 Å². The van der Waals surface area contributed by atoms with Crippen LogP contribution in [0.1, 0.15) is 5.56 Å². The predicted octanol–water partition coefficient (Wildman–Crippen LogP) is 1.06. The maximum Gasteiger partial charge on any atom is 0.317 e. The van der Waals surface area contributed by atoms with Gasteiger partial charge in [-0.05, 0) is 17.7 Å². The third kappa shape index (κ3) is 5.11. The lowest BCUT2D eigenvalue weighted by atomic mass is 10.2. The number of carboxylic acids is 1. The molecule has 0 amide bonds. The number of ether oxygens (including phenoxy) is 1. The Balaban J connectivity index is 2.71. The normalized spacial score (nSPS) is 10.8. The highest BCUT2D eigenvalue weighted by molar-refractivity contribution is 5.69. The van der Waals surface area contributed by atoms with Gasteiger partial charge in [0, 0.05) is 26.3 Å². The van der Waals surface area contributed by atoms with E-state index in [1.807, 2.05) is 0 Å². The highest BCUT2D eigenvalue weighted by atomic mass is 19.1. The fraction of sp³-hybridized carbons (Fsp3) is 0.417. The minimum absolute atomic E-state index is 0.166. The van der Waals surface area contributed by atoms with Crippen LogP contribution in [0.15, 0.2) is 18.2 Å². The van der Waals surface area contributed by atoms with Gasteiger partial charge in [-0.15, -0.1) is 0 Å². The summed E-state index contributed by atoms with van der Waals surface area (Å²) in [6.07, 6.45) is 0. The molecule has 0 aliphatic rings. The molecule has 0 bridgehead atoms. The monoisotopic (exact) mass is 257 g/mol. The lowest BCUT2D eigenvalue weighted by molar-refractivity contribution is -0.138. The lowest BCUT2D eigenvalue weighted by Crippen LogP contribution is -2.32. The zero-order valence-electron chi connectivity index (χ0n) is 10.1. The summed E-state index contributed by atoms with van der Waals surface area (Å²) < 4.78 is 18.0. The number of nitrogens with zero attached hydrogens (tertiary/aromatic N) is 1. The Labute approximate surface area is 104 Å². The van der Waals surface area contributed by atoms with Crippen molar-refractivity contribution < 1.29 is 24.1 Å². The summed E-state index contributed by atoms with van der Waals surface area (Å²) >= 11 is 0. The van der Waals surface area contributed by atoms with Crippen molar-refractivity contribution in [3.8, 4) is 5.75 Å². The van der Waals surface area contributed by atoms with Crippen LogP contribution in [0.2, 0.25) is 0 Å². The van der Waals surface area contributed by atoms with E-state index in [1.165, 1.54) is 19.2 Å². The molecule has 0 saturated heterocycles. The summed E-state index contributed by atoms with van der Waals surface area (Å²) in [7, 11) is 1.52. The van der Waals surface area contributed by atoms with Crippen molar-refractivity contribution in [1.82, 2.24) is 4.90 Å².